The van der Waals surface area contributed by atoms with Crippen LogP contribution in [0.5, 0.6) is 0 Å². The number of quaternary nitrogens is 1. The van der Waals surface area contributed by atoms with Gasteiger partial charge in [0.05, 0.1) is 29.9 Å². The van der Waals surface area contributed by atoms with Crippen molar-refractivity contribution in [1.29, 1.82) is 0 Å². The lowest BCUT2D eigenvalue weighted by molar-refractivity contribution is -0.904. The predicted molar refractivity (Wildman–Crippen MR) is 143 cm³/mol. The first-order valence-electron chi connectivity index (χ1n) is 12.8. The molecular weight excluding hydrogens is 524 g/mol. The van der Waals surface area contributed by atoms with Crippen LogP contribution in [-0.2, 0) is 26.0 Å². The monoisotopic (exact) mass is 561 g/mol. The van der Waals surface area contributed by atoms with Gasteiger partial charge in [-0.2, -0.15) is 13.6 Å². The van der Waals surface area contributed by atoms with Gasteiger partial charge in [0.25, 0.3) is 15.9 Å². The molecule has 1 fully saturated rings. The largest absolute Gasteiger partial charge is 0.515 e. The summed E-state index contributed by atoms with van der Waals surface area (Å²) in [4.78, 5) is 38.1. The Kier molecular flexibility index (Phi) is 9.49. The molecule has 0 saturated carbocycles. The summed E-state index contributed by atoms with van der Waals surface area (Å²) in [5, 5.41) is 22.2. The molecule has 6 N–H and O–H groups in total. The number of hydrogen-bond donors (Lipinski definition) is 4. The third-order valence-corrected chi connectivity index (χ3v) is 9.24. The zero-order valence-electron chi connectivity index (χ0n) is 22.1. The van der Waals surface area contributed by atoms with E-state index in [0.29, 0.717) is 23.6 Å². The Morgan fingerprint density at radius 1 is 1.10 bits per heavy atom. The van der Waals surface area contributed by atoms with Crippen molar-refractivity contribution in [3.8, 4) is 0 Å². The minimum Gasteiger partial charge on any atom is -0.435 e. The number of benzene rings is 2. The maximum atomic E-state index is 14.1. The highest BCUT2D eigenvalue weighted by atomic mass is 32.2. The number of aliphatic hydroxyl groups is 1. The molecule has 0 bridgehead atoms. The van der Waals surface area contributed by atoms with E-state index in [2.05, 4.69) is 0 Å². The number of nitrogens with two attached hydrogens (primary N) is 2. The number of aliphatic hydroxyl groups excluding tert-OH is 1. The minimum atomic E-state index is -4.74. The van der Waals surface area contributed by atoms with E-state index in [0.717, 1.165) is 11.1 Å². The quantitative estimate of drug-likeness (QED) is 0.299. The Hall–Kier alpha value is -3.32. The molecule has 1 heterocycles. The highest BCUT2D eigenvalue weighted by Gasteiger charge is 2.60. The Bertz CT molecular complexity index is 1290. The van der Waals surface area contributed by atoms with Crippen molar-refractivity contribution < 1.29 is 37.5 Å². The Balaban J connectivity index is 2.22. The number of carboxylic acid groups (broad SMARTS) is 1. The van der Waals surface area contributed by atoms with Crippen LogP contribution in [0.15, 0.2) is 59.5 Å². The van der Waals surface area contributed by atoms with Gasteiger partial charge < -0.3 is 21.7 Å². The molecule has 0 aliphatic carbocycles. The molecule has 0 aromatic heterocycles. The van der Waals surface area contributed by atoms with Gasteiger partial charge >= 0.3 is 6.09 Å². The van der Waals surface area contributed by atoms with Crippen LogP contribution in [0, 0.1) is 6.92 Å². The molecule has 12 heteroatoms. The summed E-state index contributed by atoms with van der Waals surface area (Å²) in [5.41, 5.74) is 12.8. The number of aryl methyl sites for hydroxylation is 2. The van der Waals surface area contributed by atoms with Crippen LogP contribution in [0.25, 0.3) is 0 Å². The standard InChI is InChI=1S/C27H36N4O7S/c1-18-10-13-21(14-11-18)39(37,38)30(26(34)22(28)17-24(29)33)25(31(27(35)36)16-6-7-19(31)2)23(32)15-12-20-8-4-3-5-9-20/h3-5,8-11,13-14,19,22-23,25,32H,6-7,12,15-17,28H2,1-2H3,(H2-,29,33,35,36)/p+1/t19?,22-,23+,25?,31?/m0/s1. The van der Waals surface area contributed by atoms with Crippen molar-refractivity contribution >= 4 is 27.9 Å². The van der Waals surface area contributed by atoms with Crippen LogP contribution in [0.4, 0.5) is 4.79 Å². The highest BCUT2D eigenvalue weighted by Crippen LogP contribution is 2.37. The molecule has 3 amide bonds. The van der Waals surface area contributed by atoms with E-state index < -0.39 is 63.2 Å². The molecule has 0 spiro atoms. The van der Waals surface area contributed by atoms with Gasteiger partial charge in [-0.05, 0) is 44.4 Å². The van der Waals surface area contributed by atoms with Crippen LogP contribution in [0.1, 0.15) is 43.7 Å². The summed E-state index contributed by atoms with van der Waals surface area (Å²) in [6, 6.07) is 12.5. The third kappa shape index (κ3) is 6.30. The molecule has 39 heavy (non-hydrogen) atoms. The van der Waals surface area contributed by atoms with Gasteiger partial charge in [-0.3, -0.25) is 9.59 Å². The van der Waals surface area contributed by atoms with Gasteiger partial charge in [0.1, 0.15) is 6.10 Å². The molecule has 1 aliphatic heterocycles. The number of sulfonamides is 1. The third-order valence-electron chi connectivity index (χ3n) is 7.45. The number of carbonyl (C=O) groups excluding carboxylic acids is 2. The first-order chi connectivity index (χ1) is 18.3. The van der Waals surface area contributed by atoms with E-state index in [-0.39, 0.29) is 17.9 Å². The second-order valence-corrected chi connectivity index (χ2v) is 12.0. The Morgan fingerprint density at radius 2 is 1.72 bits per heavy atom. The SMILES string of the molecule is Cc1ccc(S(=O)(=O)N(C(=O)[C@@H](N)CC(N)=O)C([C@H](O)CCc2ccccc2)[N+]2(C(=O)O)CCCC2C)cc1. The minimum absolute atomic E-state index is 0.0121. The topological polar surface area (TPSA) is 181 Å². The molecule has 1 saturated heterocycles. The van der Waals surface area contributed by atoms with E-state index in [1.165, 1.54) is 12.1 Å². The number of hydrogen-bond acceptors (Lipinski definition) is 7. The average Bonchev–Trinajstić information content (AvgIpc) is 3.27. The average molecular weight is 562 g/mol. The summed E-state index contributed by atoms with van der Waals surface area (Å²) >= 11 is 0. The fourth-order valence-corrected chi connectivity index (χ4v) is 7.00. The lowest BCUT2D eigenvalue weighted by Crippen LogP contribution is -2.72. The van der Waals surface area contributed by atoms with E-state index in [1.54, 1.807) is 26.0 Å². The predicted octanol–water partition coefficient (Wildman–Crippen LogP) is 1.71. The number of rotatable bonds is 11. The molecule has 3 unspecified atom stereocenters. The van der Waals surface area contributed by atoms with Gasteiger partial charge in [-0.1, -0.05) is 48.0 Å². The molecule has 11 nitrogen and oxygen atoms in total. The normalized spacial score (nSPS) is 21.6. The highest BCUT2D eigenvalue weighted by molar-refractivity contribution is 7.89. The first-order valence-corrected chi connectivity index (χ1v) is 14.3. The van der Waals surface area contributed by atoms with Crippen molar-refractivity contribution in [2.45, 2.75) is 75.2 Å². The fourth-order valence-electron chi connectivity index (χ4n) is 5.33. The number of carbonyl (C=O) groups is 3. The van der Waals surface area contributed by atoms with Crippen molar-refractivity contribution in [3.05, 3.63) is 65.7 Å². The molecule has 5 atom stereocenters. The van der Waals surface area contributed by atoms with E-state index in [9.17, 15) is 33.0 Å². The maximum Gasteiger partial charge on any atom is 0.515 e. The van der Waals surface area contributed by atoms with Crippen LogP contribution >= 0.6 is 0 Å². The van der Waals surface area contributed by atoms with Gasteiger partial charge in [0, 0.05) is 12.8 Å². The smallest absolute Gasteiger partial charge is 0.435 e. The van der Waals surface area contributed by atoms with Crippen LogP contribution in [0.2, 0.25) is 0 Å². The molecule has 1 aliphatic rings. The lowest BCUT2D eigenvalue weighted by atomic mass is 10.0. The molecular formula is C27H37N4O7S+. The number of nitrogens with zero attached hydrogens (tertiary/aromatic N) is 2. The van der Waals surface area contributed by atoms with E-state index >= 15 is 0 Å². The van der Waals surface area contributed by atoms with Crippen molar-refractivity contribution in [3.63, 3.8) is 0 Å². The molecule has 3 rings (SSSR count). The molecule has 0 radical (unpaired) electrons. The summed E-state index contributed by atoms with van der Waals surface area (Å²) in [6.07, 6.45) is -4.21. The van der Waals surface area contributed by atoms with Crippen LogP contribution < -0.4 is 11.5 Å². The second-order valence-electron chi connectivity index (χ2n) is 10.2. The lowest BCUT2D eigenvalue weighted by Gasteiger charge is -2.46. The Labute approximate surface area is 228 Å². The number of amides is 3. The second kappa shape index (κ2) is 12.2. The summed E-state index contributed by atoms with van der Waals surface area (Å²) < 4.78 is 27.8. The molecule has 2 aromatic rings. The van der Waals surface area contributed by atoms with Crippen LogP contribution in [0.3, 0.4) is 0 Å². The van der Waals surface area contributed by atoms with Gasteiger partial charge in [0.2, 0.25) is 12.1 Å². The summed E-state index contributed by atoms with van der Waals surface area (Å²) in [6.45, 7) is 3.40. The van der Waals surface area contributed by atoms with Gasteiger partial charge in [-0.15, -0.1) is 0 Å². The summed E-state index contributed by atoms with van der Waals surface area (Å²) in [7, 11) is -4.74. The van der Waals surface area contributed by atoms with Gasteiger partial charge in [-0.25, -0.2) is 8.42 Å². The maximum absolute atomic E-state index is 14.1. The van der Waals surface area contributed by atoms with Crippen molar-refractivity contribution in [2.75, 3.05) is 6.54 Å². The van der Waals surface area contributed by atoms with E-state index in [4.69, 9.17) is 11.5 Å². The summed E-state index contributed by atoms with van der Waals surface area (Å²) in [5.74, 6) is -2.14. The van der Waals surface area contributed by atoms with Gasteiger partial charge in [0.15, 0.2) is 0 Å². The Morgan fingerprint density at radius 3 is 2.23 bits per heavy atom. The molecule has 212 valence electrons. The number of likely N-dealkylation sites (tertiary alicyclic amines) is 1. The van der Waals surface area contributed by atoms with Crippen molar-refractivity contribution in [1.82, 2.24) is 4.31 Å². The van der Waals surface area contributed by atoms with Crippen molar-refractivity contribution in [2.24, 2.45) is 11.5 Å². The fraction of sp³-hybridized carbons (Fsp3) is 0.444. The van der Waals surface area contributed by atoms with E-state index in [1.807, 2.05) is 30.3 Å². The first kappa shape index (κ1) is 30.2. The van der Waals surface area contributed by atoms with Crippen LogP contribution in [-0.4, -0.2) is 76.2 Å². The number of primary amides is 1. The zero-order chi connectivity index (χ0) is 29.0. The molecule has 2 aromatic carbocycles. The zero-order valence-corrected chi connectivity index (χ0v) is 23.0.